The van der Waals surface area contributed by atoms with Gasteiger partial charge in [0.2, 0.25) is 0 Å². The number of aldehydes is 1. The summed E-state index contributed by atoms with van der Waals surface area (Å²) in [7, 11) is 0. The maximum atomic E-state index is 12.4. The first kappa shape index (κ1) is 11.0. The molecule has 1 heterocycles. The standard InChI is InChI=1S/C7H3BrF2INO/c8-3-1-12-4(2-13)6(11)5(3)7(9)10/h1-2,7H. The summed E-state index contributed by atoms with van der Waals surface area (Å²) >= 11 is 4.63. The Morgan fingerprint density at radius 1 is 1.62 bits per heavy atom. The van der Waals surface area contributed by atoms with Gasteiger partial charge in [-0.25, -0.2) is 8.78 Å². The fraction of sp³-hybridized carbons (Fsp3) is 0.143. The van der Waals surface area contributed by atoms with Gasteiger partial charge in [0.15, 0.2) is 6.29 Å². The Labute approximate surface area is 95.0 Å². The van der Waals surface area contributed by atoms with Gasteiger partial charge in [-0.1, -0.05) is 0 Å². The second-order valence-corrected chi connectivity index (χ2v) is 4.07. The van der Waals surface area contributed by atoms with Crippen LogP contribution in [0.15, 0.2) is 10.7 Å². The molecule has 1 aromatic heterocycles. The number of aromatic nitrogens is 1. The molecular weight excluding hydrogens is 359 g/mol. The first-order valence-electron chi connectivity index (χ1n) is 3.15. The smallest absolute Gasteiger partial charge is 0.266 e. The number of halogens is 4. The summed E-state index contributed by atoms with van der Waals surface area (Å²) in [6, 6.07) is 0. The number of rotatable bonds is 2. The Hall–Kier alpha value is -0.110. The molecule has 0 aliphatic carbocycles. The van der Waals surface area contributed by atoms with Crippen LogP contribution in [0.2, 0.25) is 0 Å². The van der Waals surface area contributed by atoms with Crippen LogP contribution >= 0.6 is 38.5 Å². The fourth-order valence-corrected chi connectivity index (χ4v) is 2.41. The lowest BCUT2D eigenvalue weighted by atomic mass is 10.2. The molecule has 0 bridgehead atoms. The highest BCUT2D eigenvalue weighted by molar-refractivity contribution is 14.1. The minimum absolute atomic E-state index is 0.0408. The van der Waals surface area contributed by atoms with Crippen molar-refractivity contribution in [3.63, 3.8) is 0 Å². The van der Waals surface area contributed by atoms with Crippen LogP contribution in [0.4, 0.5) is 8.78 Å². The zero-order valence-corrected chi connectivity index (χ0v) is 9.84. The molecule has 0 saturated carbocycles. The molecule has 0 amide bonds. The molecular formula is C7H3BrF2INO. The number of nitrogens with zero attached hydrogens (tertiary/aromatic N) is 1. The number of carbonyl (C=O) groups is 1. The van der Waals surface area contributed by atoms with Crippen molar-refractivity contribution in [1.82, 2.24) is 4.98 Å². The summed E-state index contributed by atoms with van der Waals surface area (Å²) < 4.78 is 25.3. The van der Waals surface area contributed by atoms with Gasteiger partial charge in [-0.15, -0.1) is 0 Å². The van der Waals surface area contributed by atoms with Crippen LogP contribution in [-0.4, -0.2) is 11.3 Å². The van der Waals surface area contributed by atoms with Crippen molar-refractivity contribution in [1.29, 1.82) is 0 Å². The van der Waals surface area contributed by atoms with Crippen molar-refractivity contribution in [2.45, 2.75) is 6.43 Å². The highest BCUT2D eigenvalue weighted by Gasteiger charge is 2.18. The van der Waals surface area contributed by atoms with Gasteiger partial charge < -0.3 is 0 Å². The molecule has 1 rings (SSSR count). The Balaban J connectivity index is 3.38. The molecule has 0 atom stereocenters. The molecule has 70 valence electrons. The van der Waals surface area contributed by atoms with Crippen LogP contribution in [0.5, 0.6) is 0 Å². The van der Waals surface area contributed by atoms with E-state index in [0.717, 1.165) is 0 Å². The van der Waals surface area contributed by atoms with Crippen molar-refractivity contribution in [3.05, 3.63) is 25.5 Å². The van der Waals surface area contributed by atoms with Crippen molar-refractivity contribution >= 4 is 44.8 Å². The third kappa shape index (κ3) is 2.22. The van der Waals surface area contributed by atoms with Crippen molar-refractivity contribution in [3.8, 4) is 0 Å². The molecule has 0 aromatic carbocycles. The predicted octanol–water partition coefficient (Wildman–Crippen LogP) is 3.20. The summed E-state index contributed by atoms with van der Waals surface area (Å²) in [6.07, 6.45) is -0.948. The van der Waals surface area contributed by atoms with E-state index in [9.17, 15) is 13.6 Å². The van der Waals surface area contributed by atoms with Crippen LogP contribution in [0.1, 0.15) is 22.5 Å². The van der Waals surface area contributed by atoms with Gasteiger partial charge in [0.25, 0.3) is 6.43 Å². The third-order valence-corrected chi connectivity index (χ3v) is 3.13. The predicted molar refractivity (Wildman–Crippen MR) is 55.0 cm³/mol. The van der Waals surface area contributed by atoms with E-state index >= 15 is 0 Å². The molecule has 13 heavy (non-hydrogen) atoms. The molecule has 0 aliphatic rings. The van der Waals surface area contributed by atoms with Crippen LogP contribution in [0.3, 0.4) is 0 Å². The molecule has 0 radical (unpaired) electrons. The molecule has 2 nitrogen and oxygen atoms in total. The third-order valence-electron chi connectivity index (χ3n) is 1.37. The summed E-state index contributed by atoms with van der Waals surface area (Å²) in [5.74, 6) is 0. The molecule has 6 heteroatoms. The number of hydrogen-bond acceptors (Lipinski definition) is 2. The molecule has 0 spiro atoms. The van der Waals surface area contributed by atoms with Gasteiger partial charge in [-0.3, -0.25) is 9.78 Å². The topological polar surface area (TPSA) is 30.0 Å². The highest BCUT2D eigenvalue weighted by atomic mass is 127. The lowest BCUT2D eigenvalue weighted by Gasteiger charge is -2.06. The van der Waals surface area contributed by atoms with Crippen molar-refractivity contribution in [2.24, 2.45) is 0 Å². The fourth-order valence-electron chi connectivity index (χ4n) is 0.777. The monoisotopic (exact) mass is 361 g/mol. The van der Waals surface area contributed by atoms with Gasteiger partial charge >= 0.3 is 0 Å². The van der Waals surface area contributed by atoms with E-state index in [1.807, 2.05) is 0 Å². The molecule has 0 saturated heterocycles. The average Bonchev–Trinajstić information content (AvgIpc) is 2.04. The zero-order chi connectivity index (χ0) is 10.0. The van der Waals surface area contributed by atoms with Gasteiger partial charge in [0.05, 0.1) is 3.57 Å². The number of hydrogen-bond donors (Lipinski definition) is 0. The van der Waals surface area contributed by atoms with Gasteiger partial charge in [0.1, 0.15) is 5.69 Å². The van der Waals surface area contributed by atoms with E-state index in [1.165, 1.54) is 6.20 Å². The van der Waals surface area contributed by atoms with E-state index < -0.39 is 6.43 Å². The average molecular weight is 362 g/mol. The number of carbonyl (C=O) groups excluding carboxylic acids is 1. The van der Waals surface area contributed by atoms with E-state index in [0.29, 0.717) is 6.29 Å². The Bertz CT molecular complexity index is 346. The minimum atomic E-state index is -2.61. The first-order chi connectivity index (χ1) is 6.07. The summed E-state index contributed by atoms with van der Waals surface area (Å²) in [6.45, 7) is 0. The van der Waals surface area contributed by atoms with E-state index in [1.54, 1.807) is 22.6 Å². The van der Waals surface area contributed by atoms with Gasteiger partial charge in [-0.2, -0.15) is 0 Å². The van der Waals surface area contributed by atoms with Crippen LogP contribution in [0.25, 0.3) is 0 Å². The molecule has 0 unspecified atom stereocenters. The zero-order valence-electron chi connectivity index (χ0n) is 6.10. The number of pyridine rings is 1. The van der Waals surface area contributed by atoms with Gasteiger partial charge in [0, 0.05) is 16.2 Å². The molecule has 0 aliphatic heterocycles. The Morgan fingerprint density at radius 3 is 2.69 bits per heavy atom. The molecule has 0 N–H and O–H groups in total. The largest absolute Gasteiger partial charge is 0.296 e. The Kier molecular flexibility index (Phi) is 3.72. The summed E-state index contributed by atoms with van der Waals surface area (Å²) in [5, 5.41) is 0. The Morgan fingerprint density at radius 2 is 2.23 bits per heavy atom. The van der Waals surface area contributed by atoms with Crippen molar-refractivity contribution < 1.29 is 13.6 Å². The van der Waals surface area contributed by atoms with E-state index in [-0.39, 0.29) is 19.3 Å². The quantitative estimate of drug-likeness (QED) is 0.598. The maximum Gasteiger partial charge on any atom is 0.266 e. The SMILES string of the molecule is O=Cc1ncc(Br)c(C(F)F)c1I. The lowest BCUT2D eigenvalue weighted by Crippen LogP contribution is -1.99. The normalized spacial score (nSPS) is 10.5. The molecule has 0 fully saturated rings. The van der Waals surface area contributed by atoms with E-state index in [4.69, 9.17) is 0 Å². The van der Waals surface area contributed by atoms with Crippen LogP contribution in [0, 0.1) is 3.57 Å². The van der Waals surface area contributed by atoms with E-state index in [2.05, 4.69) is 20.9 Å². The molecule has 1 aromatic rings. The lowest BCUT2D eigenvalue weighted by molar-refractivity contribution is 0.111. The summed E-state index contributed by atoms with van der Waals surface area (Å²) in [5.41, 5.74) is -0.142. The van der Waals surface area contributed by atoms with Crippen LogP contribution < -0.4 is 0 Å². The second-order valence-electron chi connectivity index (χ2n) is 2.14. The van der Waals surface area contributed by atoms with Crippen molar-refractivity contribution in [2.75, 3.05) is 0 Å². The first-order valence-corrected chi connectivity index (χ1v) is 5.02. The second kappa shape index (κ2) is 4.41. The van der Waals surface area contributed by atoms with Crippen LogP contribution in [-0.2, 0) is 0 Å². The summed E-state index contributed by atoms with van der Waals surface area (Å²) in [4.78, 5) is 14.1. The highest BCUT2D eigenvalue weighted by Crippen LogP contribution is 2.31. The number of alkyl halides is 2. The maximum absolute atomic E-state index is 12.4. The van der Waals surface area contributed by atoms with Gasteiger partial charge in [-0.05, 0) is 38.5 Å². The minimum Gasteiger partial charge on any atom is -0.296 e.